The fourth-order valence-corrected chi connectivity index (χ4v) is 4.03. The normalized spacial score (nSPS) is 19.7. The molecule has 0 radical (unpaired) electrons. The fraction of sp³-hybridized carbons (Fsp3) is 0.417. The van der Waals surface area contributed by atoms with Gasteiger partial charge in [-0.2, -0.15) is 0 Å². The second-order valence-electron chi connectivity index (χ2n) is 4.83. The van der Waals surface area contributed by atoms with Gasteiger partial charge in [0.25, 0.3) is 0 Å². The SMILES string of the molecule is Cc1cc(Cl)c(Cl)cc1N1CC(CS(=O)(=O)Cl)CC1=O. The summed E-state index contributed by atoms with van der Waals surface area (Å²) in [6, 6.07) is 3.30. The molecule has 1 saturated heterocycles. The van der Waals surface area contributed by atoms with Crippen LogP contribution >= 0.6 is 33.9 Å². The van der Waals surface area contributed by atoms with Gasteiger partial charge in [0.05, 0.1) is 15.8 Å². The van der Waals surface area contributed by atoms with Gasteiger partial charge in [0, 0.05) is 35.3 Å². The molecule has 4 nitrogen and oxygen atoms in total. The molecule has 1 aliphatic heterocycles. The molecule has 110 valence electrons. The minimum Gasteiger partial charge on any atom is -0.312 e. The van der Waals surface area contributed by atoms with E-state index in [1.165, 1.54) is 4.90 Å². The fourth-order valence-electron chi connectivity index (χ4n) is 2.33. The van der Waals surface area contributed by atoms with Crippen molar-refractivity contribution in [3.63, 3.8) is 0 Å². The Kier molecular flexibility index (Phi) is 4.54. The first-order valence-corrected chi connectivity index (χ1v) is 9.09. The number of hydrogen-bond acceptors (Lipinski definition) is 3. The maximum atomic E-state index is 12.0. The second-order valence-corrected chi connectivity index (χ2v) is 8.47. The van der Waals surface area contributed by atoms with Gasteiger partial charge < -0.3 is 4.90 Å². The van der Waals surface area contributed by atoms with E-state index in [9.17, 15) is 13.2 Å². The minimum absolute atomic E-state index is 0.142. The summed E-state index contributed by atoms with van der Waals surface area (Å²) in [4.78, 5) is 13.6. The Morgan fingerprint density at radius 1 is 1.30 bits per heavy atom. The molecule has 0 aliphatic carbocycles. The lowest BCUT2D eigenvalue weighted by atomic mass is 10.1. The van der Waals surface area contributed by atoms with Crippen LogP contribution in [0.1, 0.15) is 12.0 Å². The predicted molar refractivity (Wildman–Crippen MR) is 81.3 cm³/mol. The molecule has 0 N–H and O–H groups in total. The van der Waals surface area contributed by atoms with Gasteiger partial charge in [0.15, 0.2) is 0 Å². The van der Waals surface area contributed by atoms with Crippen LogP contribution in [0.2, 0.25) is 10.0 Å². The Hall–Kier alpha value is -0.490. The second kappa shape index (κ2) is 5.72. The van der Waals surface area contributed by atoms with Crippen LogP contribution in [0.5, 0.6) is 0 Å². The third-order valence-electron chi connectivity index (χ3n) is 3.17. The zero-order chi connectivity index (χ0) is 15.1. The molecule has 0 aromatic heterocycles. The van der Waals surface area contributed by atoms with Crippen molar-refractivity contribution in [1.29, 1.82) is 0 Å². The van der Waals surface area contributed by atoms with E-state index in [1.807, 2.05) is 6.92 Å². The van der Waals surface area contributed by atoms with Gasteiger partial charge in [-0.3, -0.25) is 4.79 Å². The molecule has 1 heterocycles. The Balaban J connectivity index is 2.26. The summed E-state index contributed by atoms with van der Waals surface area (Å²) in [6.07, 6.45) is 0.158. The molecule has 0 bridgehead atoms. The first-order chi connectivity index (χ1) is 9.17. The van der Waals surface area contributed by atoms with E-state index < -0.39 is 9.05 Å². The van der Waals surface area contributed by atoms with Crippen LogP contribution in [-0.2, 0) is 13.8 Å². The first-order valence-electron chi connectivity index (χ1n) is 5.85. The van der Waals surface area contributed by atoms with E-state index in [2.05, 4.69) is 0 Å². The summed E-state index contributed by atoms with van der Waals surface area (Å²) in [7, 11) is 1.62. The quantitative estimate of drug-likeness (QED) is 0.781. The van der Waals surface area contributed by atoms with Crippen LogP contribution in [0, 0.1) is 12.8 Å². The van der Waals surface area contributed by atoms with E-state index in [0.717, 1.165) is 5.56 Å². The number of nitrogens with zero attached hydrogens (tertiary/aromatic N) is 1. The molecule has 20 heavy (non-hydrogen) atoms. The smallest absolute Gasteiger partial charge is 0.232 e. The van der Waals surface area contributed by atoms with Crippen LogP contribution in [-0.4, -0.2) is 26.6 Å². The Morgan fingerprint density at radius 3 is 2.50 bits per heavy atom. The van der Waals surface area contributed by atoms with Crippen molar-refractivity contribution in [2.75, 3.05) is 17.2 Å². The number of carbonyl (C=O) groups is 1. The highest BCUT2D eigenvalue weighted by Crippen LogP contribution is 2.34. The van der Waals surface area contributed by atoms with E-state index in [-0.39, 0.29) is 24.0 Å². The summed E-state index contributed by atoms with van der Waals surface area (Å²) in [5, 5.41) is 0.771. The highest BCUT2D eigenvalue weighted by molar-refractivity contribution is 8.13. The lowest BCUT2D eigenvalue weighted by Crippen LogP contribution is -2.26. The van der Waals surface area contributed by atoms with Crippen LogP contribution in [0.15, 0.2) is 12.1 Å². The number of hydrogen-bond donors (Lipinski definition) is 0. The van der Waals surface area contributed by atoms with Gasteiger partial charge in [-0.1, -0.05) is 23.2 Å². The summed E-state index contributed by atoms with van der Waals surface area (Å²) >= 11 is 11.9. The van der Waals surface area contributed by atoms with E-state index in [0.29, 0.717) is 22.3 Å². The van der Waals surface area contributed by atoms with Crippen molar-refractivity contribution >= 4 is 54.5 Å². The number of carbonyl (C=O) groups excluding carboxylic acids is 1. The summed E-state index contributed by atoms with van der Waals surface area (Å²) in [5.74, 6) is -0.660. The number of amides is 1. The third-order valence-corrected chi connectivity index (χ3v) is 5.14. The van der Waals surface area contributed by atoms with Crippen molar-refractivity contribution in [1.82, 2.24) is 0 Å². The Bertz CT molecular complexity index is 660. The van der Waals surface area contributed by atoms with Crippen molar-refractivity contribution in [3.05, 3.63) is 27.7 Å². The van der Waals surface area contributed by atoms with Crippen molar-refractivity contribution < 1.29 is 13.2 Å². The highest BCUT2D eigenvalue weighted by Gasteiger charge is 2.34. The zero-order valence-electron chi connectivity index (χ0n) is 10.6. The number of aryl methyl sites for hydroxylation is 1. The lowest BCUT2D eigenvalue weighted by molar-refractivity contribution is -0.117. The minimum atomic E-state index is -3.62. The van der Waals surface area contributed by atoms with Gasteiger partial charge >= 0.3 is 0 Å². The zero-order valence-corrected chi connectivity index (χ0v) is 13.7. The topological polar surface area (TPSA) is 54.5 Å². The maximum Gasteiger partial charge on any atom is 0.232 e. The summed E-state index contributed by atoms with van der Waals surface area (Å²) in [5.41, 5.74) is 1.46. The molecule has 1 aromatic carbocycles. The van der Waals surface area contributed by atoms with Gasteiger partial charge in [-0.25, -0.2) is 8.42 Å². The summed E-state index contributed by atoms with van der Waals surface area (Å²) in [6.45, 7) is 2.13. The van der Waals surface area contributed by atoms with Gasteiger partial charge in [-0.15, -0.1) is 0 Å². The van der Waals surface area contributed by atoms with Gasteiger partial charge in [0.2, 0.25) is 15.0 Å². The average Bonchev–Trinajstić information content (AvgIpc) is 2.62. The molecule has 2 rings (SSSR count). The lowest BCUT2D eigenvalue weighted by Gasteiger charge is -2.19. The van der Waals surface area contributed by atoms with Crippen molar-refractivity contribution in [2.24, 2.45) is 5.92 Å². The molecule has 1 aliphatic rings. The molecule has 1 fully saturated rings. The van der Waals surface area contributed by atoms with E-state index in [1.54, 1.807) is 12.1 Å². The monoisotopic (exact) mass is 355 g/mol. The molecular formula is C12H12Cl3NO3S. The molecule has 1 unspecified atom stereocenters. The van der Waals surface area contributed by atoms with Crippen molar-refractivity contribution in [2.45, 2.75) is 13.3 Å². The number of benzene rings is 1. The van der Waals surface area contributed by atoms with Gasteiger partial charge in [0.1, 0.15) is 0 Å². The first kappa shape index (κ1) is 15.9. The van der Waals surface area contributed by atoms with E-state index >= 15 is 0 Å². The molecule has 1 amide bonds. The Labute approximate surface area is 132 Å². The number of anilines is 1. The highest BCUT2D eigenvalue weighted by atomic mass is 35.7. The predicted octanol–water partition coefficient (Wildman–Crippen LogP) is 3.22. The maximum absolute atomic E-state index is 12.0. The van der Waals surface area contributed by atoms with Gasteiger partial charge in [-0.05, 0) is 24.6 Å². The van der Waals surface area contributed by atoms with Crippen LogP contribution in [0.25, 0.3) is 0 Å². The van der Waals surface area contributed by atoms with Crippen LogP contribution in [0.3, 0.4) is 0 Å². The van der Waals surface area contributed by atoms with E-state index in [4.69, 9.17) is 33.9 Å². The number of rotatable bonds is 3. The Morgan fingerprint density at radius 2 is 1.90 bits per heavy atom. The molecule has 1 aromatic rings. The molecule has 0 spiro atoms. The molecular weight excluding hydrogens is 345 g/mol. The number of halogens is 3. The molecule has 0 saturated carbocycles. The standard InChI is InChI=1S/C12H12Cl3NO3S/c1-7-2-9(13)10(14)4-11(7)16-5-8(3-12(16)17)6-20(15,18)19/h2,4,8H,3,5-6H2,1H3. The third kappa shape index (κ3) is 3.58. The average molecular weight is 357 g/mol. The summed E-state index contributed by atoms with van der Waals surface area (Å²) < 4.78 is 22.2. The molecule has 8 heteroatoms. The van der Waals surface area contributed by atoms with Crippen LogP contribution in [0.4, 0.5) is 5.69 Å². The van der Waals surface area contributed by atoms with Crippen molar-refractivity contribution in [3.8, 4) is 0 Å². The largest absolute Gasteiger partial charge is 0.312 e. The molecule has 1 atom stereocenters. The van der Waals surface area contributed by atoms with Crippen LogP contribution < -0.4 is 4.90 Å².